The Hall–Kier alpha value is -0.860. The van der Waals surface area contributed by atoms with Crippen LogP contribution in [0.5, 0.6) is 0 Å². The van der Waals surface area contributed by atoms with E-state index in [1.165, 1.54) is 18.4 Å². The molecule has 1 aromatic rings. The van der Waals surface area contributed by atoms with Crippen LogP contribution in [0.25, 0.3) is 0 Å². The maximum atomic E-state index is 3.37. The molecule has 0 aromatic heterocycles. The summed E-state index contributed by atoms with van der Waals surface area (Å²) in [4.78, 5) is 2.60. The molecule has 2 nitrogen and oxygen atoms in total. The molecule has 1 heterocycles. The normalized spacial score (nSPS) is 23.2. The standard InChI is InChI=1S/C14H20N2/c1-11-5-3-4-6-13(11)14(7-8-14)16(2)12-9-15-10-12/h3-6,12,15H,7-10H2,1-2H3. The van der Waals surface area contributed by atoms with E-state index in [2.05, 4.69) is 48.5 Å². The minimum Gasteiger partial charge on any atom is -0.314 e. The van der Waals surface area contributed by atoms with Gasteiger partial charge in [-0.3, -0.25) is 4.90 Å². The summed E-state index contributed by atoms with van der Waals surface area (Å²) in [5.41, 5.74) is 3.35. The average molecular weight is 216 g/mol. The first-order valence-corrected chi connectivity index (χ1v) is 6.24. The zero-order valence-electron chi connectivity index (χ0n) is 10.2. The van der Waals surface area contributed by atoms with E-state index < -0.39 is 0 Å². The van der Waals surface area contributed by atoms with Crippen molar-refractivity contribution in [1.82, 2.24) is 10.2 Å². The largest absolute Gasteiger partial charge is 0.314 e. The van der Waals surface area contributed by atoms with Crippen molar-refractivity contribution in [3.63, 3.8) is 0 Å². The summed E-state index contributed by atoms with van der Waals surface area (Å²) < 4.78 is 0. The highest BCUT2D eigenvalue weighted by Gasteiger charge is 2.51. The molecule has 2 heteroatoms. The zero-order valence-corrected chi connectivity index (χ0v) is 10.2. The lowest BCUT2D eigenvalue weighted by atomic mass is 9.95. The van der Waals surface area contributed by atoms with Crippen LogP contribution in [0, 0.1) is 6.92 Å². The molecule has 86 valence electrons. The number of rotatable bonds is 3. The van der Waals surface area contributed by atoms with Crippen molar-refractivity contribution in [1.29, 1.82) is 0 Å². The number of hydrogen-bond acceptors (Lipinski definition) is 2. The predicted molar refractivity (Wildman–Crippen MR) is 66.5 cm³/mol. The second-order valence-electron chi connectivity index (χ2n) is 5.27. The Kier molecular flexibility index (Phi) is 2.30. The number of benzene rings is 1. The second-order valence-corrected chi connectivity index (χ2v) is 5.27. The highest BCUT2D eigenvalue weighted by atomic mass is 15.3. The Balaban J connectivity index is 1.90. The monoisotopic (exact) mass is 216 g/mol. The van der Waals surface area contributed by atoms with E-state index in [0.717, 1.165) is 19.1 Å². The fourth-order valence-corrected chi connectivity index (χ4v) is 2.92. The molecule has 1 aliphatic heterocycles. The van der Waals surface area contributed by atoms with Gasteiger partial charge in [-0.15, -0.1) is 0 Å². The van der Waals surface area contributed by atoms with Gasteiger partial charge >= 0.3 is 0 Å². The SMILES string of the molecule is Cc1ccccc1C1(N(C)C2CNC2)CC1. The molecule has 0 spiro atoms. The van der Waals surface area contributed by atoms with Gasteiger partial charge in [0.25, 0.3) is 0 Å². The molecule has 1 saturated carbocycles. The Labute approximate surface area is 97.6 Å². The van der Waals surface area contributed by atoms with Crippen LogP contribution in [0.3, 0.4) is 0 Å². The molecule has 2 aliphatic rings. The summed E-state index contributed by atoms with van der Waals surface area (Å²) in [7, 11) is 2.30. The van der Waals surface area contributed by atoms with Gasteiger partial charge < -0.3 is 5.32 Å². The van der Waals surface area contributed by atoms with Crippen LogP contribution in [0.1, 0.15) is 24.0 Å². The lowest BCUT2D eigenvalue weighted by molar-refractivity contribution is 0.111. The number of nitrogens with one attached hydrogen (secondary N) is 1. The van der Waals surface area contributed by atoms with Crippen molar-refractivity contribution in [3.05, 3.63) is 35.4 Å². The molecule has 0 atom stereocenters. The summed E-state index contributed by atoms with van der Waals surface area (Å²) in [5.74, 6) is 0. The van der Waals surface area contributed by atoms with Crippen LogP contribution in [0.15, 0.2) is 24.3 Å². The van der Waals surface area contributed by atoms with Crippen molar-refractivity contribution in [2.24, 2.45) is 0 Å². The van der Waals surface area contributed by atoms with Gasteiger partial charge in [0, 0.05) is 24.7 Å². The summed E-state index contributed by atoms with van der Waals surface area (Å²) in [5, 5.41) is 3.37. The van der Waals surface area contributed by atoms with E-state index in [0.29, 0.717) is 5.54 Å². The average Bonchev–Trinajstić information content (AvgIpc) is 2.96. The van der Waals surface area contributed by atoms with Crippen LogP contribution in [0.2, 0.25) is 0 Å². The molecule has 16 heavy (non-hydrogen) atoms. The van der Waals surface area contributed by atoms with Gasteiger partial charge in [0.2, 0.25) is 0 Å². The van der Waals surface area contributed by atoms with Gasteiger partial charge in [-0.05, 0) is 37.9 Å². The highest BCUT2D eigenvalue weighted by molar-refractivity contribution is 5.37. The van der Waals surface area contributed by atoms with E-state index in [9.17, 15) is 0 Å². The molecule has 1 aromatic carbocycles. The van der Waals surface area contributed by atoms with E-state index in [4.69, 9.17) is 0 Å². The first kappa shape index (κ1) is 10.3. The molecule has 0 amide bonds. The van der Waals surface area contributed by atoms with Gasteiger partial charge in [0.15, 0.2) is 0 Å². The Morgan fingerprint density at radius 1 is 1.25 bits per heavy atom. The molecular formula is C14H20N2. The van der Waals surface area contributed by atoms with Crippen LogP contribution in [0.4, 0.5) is 0 Å². The minimum absolute atomic E-state index is 0.359. The molecular weight excluding hydrogens is 196 g/mol. The van der Waals surface area contributed by atoms with Crippen molar-refractivity contribution in [3.8, 4) is 0 Å². The van der Waals surface area contributed by atoms with Gasteiger partial charge in [-0.25, -0.2) is 0 Å². The topological polar surface area (TPSA) is 15.3 Å². The Morgan fingerprint density at radius 2 is 1.94 bits per heavy atom. The maximum absolute atomic E-state index is 3.37. The Morgan fingerprint density at radius 3 is 2.44 bits per heavy atom. The lowest BCUT2D eigenvalue weighted by Crippen LogP contribution is -2.58. The van der Waals surface area contributed by atoms with E-state index >= 15 is 0 Å². The second kappa shape index (κ2) is 3.57. The summed E-state index contributed by atoms with van der Waals surface area (Å²) in [6.45, 7) is 4.55. The number of aryl methyl sites for hydroxylation is 1. The van der Waals surface area contributed by atoms with Crippen molar-refractivity contribution >= 4 is 0 Å². The maximum Gasteiger partial charge on any atom is 0.0465 e. The van der Waals surface area contributed by atoms with E-state index in [-0.39, 0.29) is 0 Å². The van der Waals surface area contributed by atoms with Gasteiger partial charge in [0.1, 0.15) is 0 Å². The van der Waals surface area contributed by atoms with E-state index in [1.54, 1.807) is 5.56 Å². The first-order valence-electron chi connectivity index (χ1n) is 6.24. The molecule has 3 rings (SSSR count). The van der Waals surface area contributed by atoms with Crippen molar-refractivity contribution in [2.75, 3.05) is 20.1 Å². The molecule has 1 N–H and O–H groups in total. The minimum atomic E-state index is 0.359. The third-order valence-electron chi connectivity index (χ3n) is 4.35. The molecule has 1 aliphatic carbocycles. The quantitative estimate of drug-likeness (QED) is 0.830. The van der Waals surface area contributed by atoms with E-state index in [1.807, 2.05) is 0 Å². The first-order chi connectivity index (χ1) is 7.74. The molecule has 2 fully saturated rings. The van der Waals surface area contributed by atoms with Gasteiger partial charge in [-0.1, -0.05) is 24.3 Å². The number of nitrogens with zero attached hydrogens (tertiary/aromatic N) is 1. The fourth-order valence-electron chi connectivity index (χ4n) is 2.92. The third-order valence-corrected chi connectivity index (χ3v) is 4.35. The summed E-state index contributed by atoms with van der Waals surface area (Å²) >= 11 is 0. The predicted octanol–water partition coefficient (Wildman–Crippen LogP) is 1.89. The highest BCUT2D eigenvalue weighted by Crippen LogP contribution is 2.52. The smallest absolute Gasteiger partial charge is 0.0465 e. The van der Waals surface area contributed by atoms with Crippen molar-refractivity contribution in [2.45, 2.75) is 31.3 Å². The Bertz CT molecular complexity index is 391. The van der Waals surface area contributed by atoms with Crippen LogP contribution >= 0.6 is 0 Å². The van der Waals surface area contributed by atoms with Crippen LogP contribution in [-0.2, 0) is 5.54 Å². The number of likely N-dealkylation sites (N-methyl/N-ethyl adjacent to an activating group) is 1. The van der Waals surface area contributed by atoms with Crippen LogP contribution in [-0.4, -0.2) is 31.1 Å². The van der Waals surface area contributed by atoms with Crippen molar-refractivity contribution < 1.29 is 0 Å². The summed E-state index contributed by atoms with van der Waals surface area (Å²) in [6, 6.07) is 9.60. The molecule has 0 radical (unpaired) electrons. The fraction of sp³-hybridized carbons (Fsp3) is 0.571. The summed E-state index contributed by atoms with van der Waals surface area (Å²) in [6.07, 6.45) is 2.65. The van der Waals surface area contributed by atoms with Gasteiger partial charge in [0.05, 0.1) is 0 Å². The van der Waals surface area contributed by atoms with Gasteiger partial charge in [-0.2, -0.15) is 0 Å². The molecule has 1 saturated heterocycles. The lowest BCUT2D eigenvalue weighted by Gasteiger charge is -2.41. The number of hydrogen-bond donors (Lipinski definition) is 1. The van der Waals surface area contributed by atoms with Crippen LogP contribution < -0.4 is 5.32 Å². The molecule has 0 unspecified atom stereocenters. The third kappa shape index (κ3) is 1.40. The zero-order chi connectivity index (χ0) is 11.2. The molecule has 0 bridgehead atoms.